The molecule has 0 spiro atoms. The van der Waals surface area contributed by atoms with Crippen LogP contribution in [0.2, 0.25) is 0 Å². The van der Waals surface area contributed by atoms with Gasteiger partial charge < -0.3 is 15.5 Å². The number of hydrogen-bond donors (Lipinski definition) is 2. The van der Waals surface area contributed by atoms with Crippen molar-refractivity contribution >= 4 is 29.3 Å². The fraction of sp³-hybridized carbons (Fsp3) is 0.556. The van der Waals surface area contributed by atoms with E-state index in [4.69, 9.17) is 0 Å². The summed E-state index contributed by atoms with van der Waals surface area (Å²) < 4.78 is 0. The molecule has 0 radical (unpaired) electrons. The van der Waals surface area contributed by atoms with Gasteiger partial charge in [0.15, 0.2) is 0 Å². The van der Waals surface area contributed by atoms with E-state index in [0.717, 1.165) is 48.8 Å². The molecule has 0 saturated carbocycles. The van der Waals surface area contributed by atoms with Crippen LogP contribution in [0.1, 0.15) is 36.0 Å². The largest absolute Gasteiger partial charge is 0.339 e. The fourth-order valence-electron chi connectivity index (χ4n) is 3.31. The van der Waals surface area contributed by atoms with E-state index in [9.17, 15) is 9.59 Å². The average molecular weight is 347 g/mol. The fourth-order valence-corrected chi connectivity index (χ4v) is 4.25. The third-order valence-corrected chi connectivity index (χ3v) is 5.87. The second-order valence-electron chi connectivity index (χ2n) is 6.49. The van der Waals surface area contributed by atoms with E-state index in [1.165, 1.54) is 6.42 Å². The Hall–Kier alpha value is -1.53. The first-order valence-corrected chi connectivity index (χ1v) is 9.66. The molecule has 3 rings (SSSR count). The third kappa shape index (κ3) is 4.11. The smallest absolute Gasteiger partial charge is 0.253 e. The molecular weight excluding hydrogens is 322 g/mol. The Morgan fingerprint density at radius 3 is 2.92 bits per heavy atom. The minimum absolute atomic E-state index is 0.0243. The molecule has 0 aromatic heterocycles. The zero-order valence-corrected chi connectivity index (χ0v) is 15.0. The summed E-state index contributed by atoms with van der Waals surface area (Å²) in [5.41, 5.74) is 1.45. The Bertz CT molecular complexity index is 612. The van der Waals surface area contributed by atoms with Gasteiger partial charge in [-0.3, -0.25) is 9.59 Å². The maximum atomic E-state index is 12.8. The average Bonchev–Trinajstić information content (AvgIpc) is 2.79. The van der Waals surface area contributed by atoms with Crippen molar-refractivity contribution in [2.75, 3.05) is 37.8 Å². The van der Waals surface area contributed by atoms with Gasteiger partial charge in [0.2, 0.25) is 5.91 Å². The van der Waals surface area contributed by atoms with Gasteiger partial charge in [-0.15, -0.1) is 11.8 Å². The van der Waals surface area contributed by atoms with Crippen LogP contribution in [0.25, 0.3) is 0 Å². The molecule has 2 N–H and O–H groups in total. The molecule has 1 aromatic carbocycles. The van der Waals surface area contributed by atoms with Crippen molar-refractivity contribution in [2.24, 2.45) is 5.92 Å². The number of thioether (sulfide) groups is 1. The van der Waals surface area contributed by atoms with E-state index in [-0.39, 0.29) is 11.8 Å². The van der Waals surface area contributed by atoms with Crippen LogP contribution in [-0.2, 0) is 4.79 Å². The number of anilines is 1. The van der Waals surface area contributed by atoms with Gasteiger partial charge in [-0.2, -0.15) is 0 Å². The van der Waals surface area contributed by atoms with Crippen LogP contribution in [0.15, 0.2) is 23.1 Å². The van der Waals surface area contributed by atoms with E-state index in [1.807, 2.05) is 30.1 Å². The lowest BCUT2D eigenvalue weighted by atomic mass is 9.93. The van der Waals surface area contributed by atoms with Crippen LogP contribution in [0, 0.1) is 5.92 Å². The number of piperidine rings is 1. The van der Waals surface area contributed by atoms with E-state index in [2.05, 4.69) is 10.6 Å². The predicted molar refractivity (Wildman–Crippen MR) is 97.6 cm³/mol. The molecule has 0 aliphatic carbocycles. The number of nitrogens with zero attached hydrogens (tertiary/aromatic N) is 1. The zero-order valence-electron chi connectivity index (χ0n) is 14.1. The number of rotatable bonds is 4. The summed E-state index contributed by atoms with van der Waals surface area (Å²) in [5, 5.41) is 6.11. The molecule has 0 bridgehead atoms. The Kier molecular flexibility index (Phi) is 5.79. The summed E-state index contributed by atoms with van der Waals surface area (Å²) in [4.78, 5) is 27.5. The number of carbonyl (C=O) groups excluding carboxylic acids is 2. The second kappa shape index (κ2) is 8.03. The van der Waals surface area contributed by atoms with Crippen LogP contribution < -0.4 is 10.6 Å². The van der Waals surface area contributed by atoms with E-state index >= 15 is 0 Å². The molecule has 130 valence electrons. The quantitative estimate of drug-likeness (QED) is 0.879. The van der Waals surface area contributed by atoms with Crippen molar-refractivity contribution < 1.29 is 9.59 Å². The van der Waals surface area contributed by atoms with E-state index in [0.29, 0.717) is 17.9 Å². The first-order valence-electron chi connectivity index (χ1n) is 8.68. The van der Waals surface area contributed by atoms with Gasteiger partial charge >= 0.3 is 0 Å². The molecule has 1 aromatic rings. The number of nitrogens with one attached hydrogen (secondary N) is 2. The van der Waals surface area contributed by atoms with Gasteiger partial charge in [-0.25, -0.2) is 0 Å². The number of likely N-dealkylation sites (tertiary alicyclic amines) is 1. The van der Waals surface area contributed by atoms with Gasteiger partial charge in [0.25, 0.3) is 5.91 Å². The second-order valence-corrected chi connectivity index (χ2v) is 7.62. The zero-order chi connectivity index (χ0) is 16.9. The summed E-state index contributed by atoms with van der Waals surface area (Å²) in [7, 11) is 1.98. The SMILES string of the molecule is CNCCC1CCN(C(=O)c2ccc3c(c2)NC(=O)CCS3)CC1. The molecular formula is C18H25N3O2S. The number of hydrogen-bond acceptors (Lipinski definition) is 4. The highest BCUT2D eigenvalue weighted by Gasteiger charge is 2.24. The van der Waals surface area contributed by atoms with Crippen LogP contribution in [0.4, 0.5) is 5.69 Å². The summed E-state index contributed by atoms with van der Waals surface area (Å²) in [5.74, 6) is 1.60. The summed E-state index contributed by atoms with van der Waals surface area (Å²) >= 11 is 1.66. The van der Waals surface area contributed by atoms with Crippen LogP contribution in [0.5, 0.6) is 0 Å². The number of carbonyl (C=O) groups is 2. The molecule has 0 unspecified atom stereocenters. The van der Waals surface area contributed by atoms with Gasteiger partial charge in [-0.1, -0.05) is 0 Å². The Balaban J connectivity index is 1.65. The summed E-state index contributed by atoms with van der Waals surface area (Å²) in [6.07, 6.45) is 3.85. The highest BCUT2D eigenvalue weighted by Crippen LogP contribution is 2.32. The highest BCUT2D eigenvalue weighted by molar-refractivity contribution is 7.99. The third-order valence-electron chi connectivity index (χ3n) is 4.79. The molecule has 2 amide bonds. The standard InChI is InChI=1S/C18H25N3O2S/c1-19-8-4-13-5-9-21(10-6-13)18(23)14-2-3-16-15(12-14)20-17(22)7-11-24-16/h2-3,12-13,19H,4-11H2,1H3,(H,20,22). The monoisotopic (exact) mass is 347 g/mol. The number of amides is 2. The molecule has 1 saturated heterocycles. The molecule has 2 aliphatic heterocycles. The first kappa shape index (κ1) is 17.3. The van der Waals surface area contributed by atoms with E-state index < -0.39 is 0 Å². The lowest BCUT2D eigenvalue weighted by Gasteiger charge is -2.32. The van der Waals surface area contributed by atoms with Gasteiger partial charge in [-0.05, 0) is 57.0 Å². The Labute approximate surface area is 147 Å². The topological polar surface area (TPSA) is 61.4 Å². The molecule has 0 atom stereocenters. The van der Waals surface area contributed by atoms with Crippen molar-refractivity contribution in [1.82, 2.24) is 10.2 Å². The van der Waals surface area contributed by atoms with Crippen molar-refractivity contribution in [3.8, 4) is 0 Å². The number of fused-ring (bicyclic) bond motifs is 1. The maximum Gasteiger partial charge on any atom is 0.253 e. The van der Waals surface area contributed by atoms with Crippen LogP contribution in [-0.4, -0.2) is 49.1 Å². The Morgan fingerprint density at radius 1 is 1.38 bits per heavy atom. The molecule has 6 heteroatoms. The van der Waals surface area contributed by atoms with Crippen LogP contribution >= 0.6 is 11.8 Å². The lowest BCUT2D eigenvalue weighted by molar-refractivity contribution is -0.115. The maximum absolute atomic E-state index is 12.8. The van der Waals surface area contributed by atoms with Gasteiger partial charge in [0, 0.05) is 35.7 Å². The predicted octanol–water partition coefficient (Wildman–Crippen LogP) is 2.58. The Morgan fingerprint density at radius 2 is 2.17 bits per heavy atom. The summed E-state index contributed by atoms with van der Waals surface area (Å²) in [6.45, 7) is 2.69. The molecule has 24 heavy (non-hydrogen) atoms. The molecule has 2 heterocycles. The number of benzene rings is 1. The normalized spacial score (nSPS) is 18.7. The lowest BCUT2D eigenvalue weighted by Crippen LogP contribution is -2.39. The van der Waals surface area contributed by atoms with Crippen molar-refractivity contribution in [3.63, 3.8) is 0 Å². The van der Waals surface area contributed by atoms with Crippen molar-refractivity contribution in [1.29, 1.82) is 0 Å². The molecule has 1 fully saturated rings. The van der Waals surface area contributed by atoms with Gasteiger partial charge in [0.05, 0.1) is 5.69 Å². The minimum Gasteiger partial charge on any atom is -0.339 e. The molecule has 2 aliphatic rings. The van der Waals surface area contributed by atoms with Crippen LogP contribution in [0.3, 0.4) is 0 Å². The highest BCUT2D eigenvalue weighted by atomic mass is 32.2. The van der Waals surface area contributed by atoms with Gasteiger partial charge in [0.1, 0.15) is 0 Å². The minimum atomic E-state index is 0.0243. The van der Waals surface area contributed by atoms with Crippen molar-refractivity contribution in [3.05, 3.63) is 23.8 Å². The first-order chi connectivity index (χ1) is 11.7. The molecule has 5 nitrogen and oxygen atoms in total. The van der Waals surface area contributed by atoms with Crippen molar-refractivity contribution in [2.45, 2.75) is 30.6 Å². The van der Waals surface area contributed by atoms with E-state index in [1.54, 1.807) is 11.8 Å². The summed E-state index contributed by atoms with van der Waals surface area (Å²) in [6, 6.07) is 5.68.